The van der Waals surface area contributed by atoms with Crippen molar-refractivity contribution in [1.29, 1.82) is 0 Å². The van der Waals surface area contributed by atoms with Crippen LogP contribution in [0.2, 0.25) is 0 Å². The van der Waals surface area contributed by atoms with Crippen LogP contribution < -0.4 is 10.5 Å². The first-order chi connectivity index (χ1) is 19.3. The molecule has 2 aliphatic carbocycles. The van der Waals surface area contributed by atoms with E-state index in [0.717, 1.165) is 69.2 Å². The van der Waals surface area contributed by atoms with Crippen molar-refractivity contribution < 1.29 is 23.9 Å². The topological polar surface area (TPSA) is 149 Å². The monoisotopic (exact) mass is 552 g/mol. The number of aliphatic hydroxyl groups is 1. The van der Waals surface area contributed by atoms with E-state index < -0.39 is 11.7 Å². The number of rotatable bonds is 9. The molecule has 1 spiro atoms. The van der Waals surface area contributed by atoms with E-state index >= 15 is 0 Å². The quantitative estimate of drug-likeness (QED) is 0.349. The number of carbonyl (C=O) groups is 1. The predicted octanol–water partition coefficient (Wildman–Crippen LogP) is 3.61. The average Bonchev–Trinajstić information content (AvgIpc) is 3.57. The average molecular weight is 553 g/mol. The highest BCUT2D eigenvalue weighted by Crippen LogP contribution is 2.47. The van der Waals surface area contributed by atoms with Gasteiger partial charge in [-0.3, -0.25) is 9.69 Å². The molecule has 2 aromatic rings. The molecule has 2 aromatic heterocycles. The summed E-state index contributed by atoms with van der Waals surface area (Å²) in [6.45, 7) is 5.18. The Morgan fingerprint density at radius 1 is 1.30 bits per heavy atom. The number of ether oxygens (including phenoxy) is 2. The molecule has 2 fully saturated rings. The molecular formula is C29H40N6O5. The molecule has 0 amide bonds. The summed E-state index contributed by atoms with van der Waals surface area (Å²) in [5.41, 5.74) is 7.11. The number of carbonyl (C=O) groups excluding carboxylic acids is 1. The fraction of sp³-hybridized carbons (Fsp3) is 0.621. The number of nitrogens with zero attached hydrogens (tertiary/aromatic N) is 5. The normalized spacial score (nSPS) is 25.4. The number of likely N-dealkylation sites (N-methyl/N-ethyl adjacent to an activating group) is 1. The molecule has 0 radical (unpaired) electrons. The van der Waals surface area contributed by atoms with Crippen LogP contribution >= 0.6 is 0 Å². The number of nitrogens with two attached hydrogens (primary N) is 1. The molecule has 1 saturated heterocycles. The van der Waals surface area contributed by atoms with Gasteiger partial charge in [0.15, 0.2) is 12.1 Å². The smallest absolute Gasteiger partial charge is 0.219 e. The number of likely N-dealkylation sites (tertiary alicyclic amines) is 1. The molecule has 3 aliphatic rings. The van der Waals surface area contributed by atoms with Gasteiger partial charge in [0.25, 0.3) is 0 Å². The van der Waals surface area contributed by atoms with Gasteiger partial charge in [-0.15, -0.1) is 0 Å². The summed E-state index contributed by atoms with van der Waals surface area (Å²) in [5, 5.41) is 14.4. The molecule has 3 N–H and O–H groups in total. The Labute approximate surface area is 234 Å². The number of hydrogen-bond donors (Lipinski definition) is 2. The minimum absolute atomic E-state index is 0.101. The maximum Gasteiger partial charge on any atom is 0.219 e. The van der Waals surface area contributed by atoms with Gasteiger partial charge in [-0.2, -0.15) is 4.98 Å². The van der Waals surface area contributed by atoms with Crippen LogP contribution in [-0.4, -0.2) is 75.8 Å². The maximum atomic E-state index is 13.1. The Balaban J connectivity index is 1.50. The van der Waals surface area contributed by atoms with E-state index in [1.54, 1.807) is 13.0 Å². The molecule has 5 rings (SSSR count). The van der Waals surface area contributed by atoms with Crippen molar-refractivity contribution in [2.75, 3.05) is 20.2 Å². The van der Waals surface area contributed by atoms with Crippen LogP contribution in [0.25, 0.3) is 11.6 Å². The number of Topliss-reactive ketones (excluding diaryl/α,β-unsaturated/α-hetero) is 1. The Morgan fingerprint density at radius 3 is 2.88 bits per heavy atom. The SMILES string of the molecule is CCOC(O)C(N)=CC=Nc1cc(O[C@@H](C)[C@@H]2CCCN2C)nc(-c2onc3c2CCC[C@@]32CCCCC2=O)n1. The van der Waals surface area contributed by atoms with Gasteiger partial charge in [-0.25, -0.2) is 9.98 Å². The number of aromatic nitrogens is 3. The van der Waals surface area contributed by atoms with Crippen LogP contribution in [-0.2, 0) is 21.4 Å². The van der Waals surface area contributed by atoms with Gasteiger partial charge < -0.3 is 24.8 Å². The molecule has 40 heavy (non-hydrogen) atoms. The van der Waals surface area contributed by atoms with E-state index in [2.05, 4.69) is 27.1 Å². The van der Waals surface area contributed by atoms with Crippen molar-refractivity contribution in [2.45, 2.75) is 95.5 Å². The fourth-order valence-corrected chi connectivity index (χ4v) is 6.36. The summed E-state index contributed by atoms with van der Waals surface area (Å²) in [6, 6.07) is 1.95. The number of aliphatic hydroxyl groups excluding tert-OH is 1. The Kier molecular flexibility index (Phi) is 8.62. The van der Waals surface area contributed by atoms with E-state index in [4.69, 9.17) is 24.7 Å². The van der Waals surface area contributed by atoms with Gasteiger partial charge in [0.2, 0.25) is 17.5 Å². The van der Waals surface area contributed by atoms with E-state index in [0.29, 0.717) is 36.3 Å². The van der Waals surface area contributed by atoms with Gasteiger partial charge >= 0.3 is 0 Å². The zero-order valence-electron chi connectivity index (χ0n) is 23.6. The first kappa shape index (κ1) is 28.4. The maximum absolute atomic E-state index is 13.1. The van der Waals surface area contributed by atoms with Gasteiger partial charge in [-0.1, -0.05) is 11.6 Å². The summed E-state index contributed by atoms with van der Waals surface area (Å²) in [7, 11) is 2.11. The van der Waals surface area contributed by atoms with Crippen LogP contribution in [0.3, 0.4) is 0 Å². The van der Waals surface area contributed by atoms with Crippen molar-refractivity contribution in [3.05, 3.63) is 29.1 Å². The predicted molar refractivity (Wildman–Crippen MR) is 149 cm³/mol. The lowest BCUT2D eigenvalue weighted by molar-refractivity contribution is -0.127. The lowest BCUT2D eigenvalue weighted by atomic mass is 9.64. The summed E-state index contributed by atoms with van der Waals surface area (Å²) in [4.78, 5) is 29.2. The summed E-state index contributed by atoms with van der Waals surface area (Å²) in [6.07, 6.45) is 9.54. The number of fused-ring (bicyclic) bond motifs is 2. The van der Waals surface area contributed by atoms with Crippen LogP contribution in [0.1, 0.15) is 76.5 Å². The molecule has 0 aromatic carbocycles. The third-order valence-electron chi connectivity index (χ3n) is 8.46. The van der Waals surface area contributed by atoms with Crippen molar-refractivity contribution in [3.8, 4) is 17.5 Å². The van der Waals surface area contributed by atoms with E-state index in [9.17, 15) is 9.90 Å². The molecular weight excluding hydrogens is 512 g/mol. The van der Waals surface area contributed by atoms with Crippen molar-refractivity contribution in [2.24, 2.45) is 10.7 Å². The molecule has 11 heteroatoms. The highest BCUT2D eigenvalue weighted by molar-refractivity contribution is 5.91. The number of aliphatic imine (C=N–C) groups is 1. The number of allylic oxidation sites excluding steroid dienone is 1. The first-order valence-corrected chi connectivity index (χ1v) is 14.4. The Hall–Kier alpha value is -3.15. The summed E-state index contributed by atoms with van der Waals surface area (Å²) < 4.78 is 17.3. The third kappa shape index (κ3) is 5.68. The second kappa shape index (κ2) is 12.2. The fourth-order valence-electron chi connectivity index (χ4n) is 6.36. The number of hydrogen-bond acceptors (Lipinski definition) is 11. The van der Waals surface area contributed by atoms with E-state index in [1.807, 2.05) is 6.92 Å². The standard InChI is InChI=1S/C29H40N6O5/c1-4-38-28(37)20(30)12-15-31-23-17-24(39-18(2)21-10-8-16-35(21)3)33-27(32-23)25-19-9-7-14-29(26(19)34-40-25)13-6-5-11-22(29)36/h12,15,17-18,21,28,37H,4-11,13-14,16,30H2,1-3H3/t18-,21-,28?,29+/m0/s1. The second-order valence-corrected chi connectivity index (χ2v) is 11.1. The Morgan fingerprint density at radius 2 is 2.12 bits per heavy atom. The third-order valence-corrected chi connectivity index (χ3v) is 8.46. The van der Waals surface area contributed by atoms with Crippen LogP contribution in [0, 0.1) is 0 Å². The van der Waals surface area contributed by atoms with E-state index in [1.165, 1.54) is 12.3 Å². The summed E-state index contributed by atoms with van der Waals surface area (Å²) >= 11 is 0. The molecule has 0 bridgehead atoms. The van der Waals surface area contributed by atoms with Gasteiger partial charge in [0.1, 0.15) is 17.6 Å². The lowest BCUT2D eigenvalue weighted by Crippen LogP contribution is -2.41. The van der Waals surface area contributed by atoms with E-state index in [-0.39, 0.29) is 23.6 Å². The Bertz CT molecular complexity index is 1280. The molecule has 1 aliphatic heterocycles. The molecule has 11 nitrogen and oxygen atoms in total. The van der Waals surface area contributed by atoms with Crippen molar-refractivity contribution >= 4 is 17.8 Å². The highest BCUT2D eigenvalue weighted by atomic mass is 16.6. The summed E-state index contributed by atoms with van der Waals surface area (Å²) in [5.74, 6) is 1.75. The van der Waals surface area contributed by atoms with Crippen molar-refractivity contribution in [3.63, 3.8) is 0 Å². The van der Waals surface area contributed by atoms with Crippen molar-refractivity contribution in [1.82, 2.24) is 20.0 Å². The molecule has 1 saturated carbocycles. The van der Waals surface area contributed by atoms with Crippen LogP contribution in [0.15, 0.2) is 27.4 Å². The molecule has 3 heterocycles. The van der Waals surface area contributed by atoms with Crippen LogP contribution in [0.4, 0.5) is 5.82 Å². The van der Waals surface area contributed by atoms with Gasteiger partial charge in [0.05, 0.1) is 11.1 Å². The lowest BCUT2D eigenvalue weighted by Gasteiger charge is -2.37. The highest BCUT2D eigenvalue weighted by Gasteiger charge is 2.48. The molecule has 216 valence electrons. The first-order valence-electron chi connectivity index (χ1n) is 14.4. The van der Waals surface area contributed by atoms with Gasteiger partial charge in [-0.05, 0) is 78.5 Å². The molecule has 4 atom stereocenters. The second-order valence-electron chi connectivity index (χ2n) is 11.1. The zero-order chi connectivity index (χ0) is 28.3. The molecule has 1 unspecified atom stereocenters. The van der Waals surface area contributed by atoms with Gasteiger partial charge in [0, 0.05) is 36.9 Å². The zero-order valence-corrected chi connectivity index (χ0v) is 23.6. The minimum Gasteiger partial charge on any atom is -0.473 e. The van der Waals surface area contributed by atoms with Crippen LogP contribution in [0.5, 0.6) is 5.88 Å². The largest absolute Gasteiger partial charge is 0.473 e. The minimum atomic E-state index is -1.21. The number of ketones is 1.